The van der Waals surface area contributed by atoms with Gasteiger partial charge in [-0.25, -0.2) is 13.2 Å². The van der Waals surface area contributed by atoms with Crippen LogP contribution in [0.2, 0.25) is 5.02 Å². The third-order valence-electron chi connectivity index (χ3n) is 4.40. The van der Waals surface area contributed by atoms with Crippen molar-refractivity contribution in [3.05, 3.63) is 58.6 Å². The second-order valence-corrected chi connectivity index (χ2v) is 8.74. The van der Waals surface area contributed by atoms with Crippen molar-refractivity contribution in [2.75, 3.05) is 6.54 Å². The molecular weight excluding hydrogens is 374 g/mol. The first-order valence-corrected chi connectivity index (χ1v) is 10.2. The normalized spacial score (nSPS) is 18.0. The van der Waals surface area contributed by atoms with Crippen molar-refractivity contribution in [3.8, 4) is 5.75 Å². The maximum atomic E-state index is 12.9. The Kier molecular flexibility index (Phi) is 5.37. The molecule has 1 aliphatic rings. The molecule has 1 fully saturated rings. The van der Waals surface area contributed by atoms with Gasteiger partial charge in [0.15, 0.2) is 0 Å². The first-order valence-electron chi connectivity index (χ1n) is 8.35. The van der Waals surface area contributed by atoms with Crippen molar-refractivity contribution in [1.29, 1.82) is 0 Å². The highest BCUT2D eigenvalue weighted by molar-refractivity contribution is 7.89. The summed E-state index contributed by atoms with van der Waals surface area (Å²) in [6.07, 6.45) is 1.03. The molecule has 0 aliphatic carbocycles. The summed E-state index contributed by atoms with van der Waals surface area (Å²) >= 11 is 6.07. The summed E-state index contributed by atoms with van der Waals surface area (Å²) in [5, 5.41) is 0.315. The van der Waals surface area contributed by atoms with E-state index in [1.165, 1.54) is 4.31 Å². The number of sulfonamides is 1. The number of hydrogen-bond acceptors (Lipinski definition) is 4. The Morgan fingerprint density at radius 1 is 1.12 bits per heavy atom. The summed E-state index contributed by atoms with van der Waals surface area (Å²) < 4.78 is 32.5. The van der Waals surface area contributed by atoms with Crippen LogP contribution in [0.1, 0.15) is 24.0 Å². The molecule has 2 aromatic rings. The number of nitrogens with zero attached hydrogens (tertiary/aromatic N) is 1. The predicted molar refractivity (Wildman–Crippen MR) is 99.9 cm³/mol. The topological polar surface area (TPSA) is 63.7 Å². The Labute approximate surface area is 158 Å². The molecule has 1 atom stereocenters. The number of carbonyl (C=O) groups is 1. The van der Waals surface area contributed by atoms with E-state index in [-0.39, 0.29) is 17.2 Å². The van der Waals surface area contributed by atoms with Gasteiger partial charge in [0.1, 0.15) is 11.8 Å². The summed E-state index contributed by atoms with van der Waals surface area (Å²) in [5.41, 5.74) is 1.86. The fourth-order valence-electron chi connectivity index (χ4n) is 2.97. The maximum absolute atomic E-state index is 12.9. The number of hydrogen-bond donors (Lipinski definition) is 0. The van der Waals surface area contributed by atoms with Crippen LogP contribution in [0.4, 0.5) is 0 Å². The standard InChI is InChI=1S/C19H20ClNO4S/c1-13-5-8-15(9-6-13)26(23,24)21-11-3-4-17(21)19(22)25-18-12-14(2)7-10-16(18)20/h5-10,12,17H,3-4,11H2,1-2H3. The van der Waals surface area contributed by atoms with E-state index in [1.807, 2.05) is 19.9 Å². The number of benzene rings is 2. The molecule has 0 spiro atoms. The molecular formula is C19H20ClNO4S. The van der Waals surface area contributed by atoms with Crippen molar-refractivity contribution < 1.29 is 17.9 Å². The maximum Gasteiger partial charge on any atom is 0.329 e. The van der Waals surface area contributed by atoms with Gasteiger partial charge in [-0.1, -0.05) is 35.4 Å². The van der Waals surface area contributed by atoms with Crippen LogP contribution in [0.5, 0.6) is 5.75 Å². The molecule has 2 aromatic carbocycles. The van der Waals surface area contributed by atoms with E-state index in [2.05, 4.69) is 0 Å². The van der Waals surface area contributed by atoms with Crippen molar-refractivity contribution >= 4 is 27.6 Å². The zero-order valence-electron chi connectivity index (χ0n) is 14.6. The highest BCUT2D eigenvalue weighted by Gasteiger charge is 2.40. The minimum absolute atomic E-state index is 0.177. The molecule has 0 saturated carbocycles. The lowest BCUT2D eigenvalue weighted by molar-refractivity contribution is -0.137. The number of ether oxygens (including phenoxy) is 1. The van der Waals surface area contributed by atoms with Crippen molar-refractivity contribution in [3.63, 3.8) is 0 Å². The van der Waals surface area contributed by atoms with Gasteiger partial charge in [0.25, 0.3) is 0 Å². The van der Waals surface area contributed by atoms with Crippen molar-refractivity contribution in [2.45, 2.75) is 37.6 Å². The highest BCUT2D eigenvalue weighted by atomic mass is 35.5. The van der Waals surface area contributed by atoms with E-state index >= 15 is 0 Å². The lowest BCUT2D eigenvalue weighted by atomic mass is 10.2. The minimum Gasteiger partial charge on any atom is -0.424 e. The summed E-state index contributed by atoms with van der Waals surface area (Å²) in [5.74, 6) is -0.359. The molecule has 7 heteroatoms. The first-order chi connectivity index (χ1) is 12.3. The Morgan fingerprint density at radius 3 is 2.46 bits per heavy atom. The Hall–Kier alpha value is -1.89. The molecule has 0 radical (unpaired) electrons. The zero-order chi connectivity index (χ0) is 18.9. The molecule has 26 heavy (non-hydrogen) atoms. The molecule has 0 N–H and O–H groups in total. The van der Waals surface area contributed by atoms with Crippen molar-refractivity contribution in [2.24, 2.45) is 0 Å². The predicted octanol–water partition coefficient (Wildman–Crippen LogP) is 3.72. The van der Waals surface area contributed by atoms with E-state index in [0.29, 0.717) is 17.9 Å². The van der Waals surface area contributed by atoms with Crippen molar-refractivity contribution in [1.82, 2.24) is 4.31 Å². The van der Waals surface area contributed by atoms with Crippen LogP contribution in [0.3, 0.4) is 0 Å². The van der Waals surface area contributed by atoms with Gasteiger partial charge < -0.3 is 4.74 Å². The van der Waals surface area contributed by atoms with Crippen LogP contribution in [-0.2, 0) is 14.8 Å². The number of carbonyl (C=O) groups excluding carboxylic acids is 1. The molecule has 1 unspecified atom stereocenters. The number of aryl methyl sites for hydroxylation is 2. The third-order valence-corrected chi connectivity index (χ3v) is 6.64. The smallest absolute Gasteiger partial charge is 0.329 e. The van der Waals surface area contributed by atoms with Gasteiger partial charge in [0.05, 0.1) is 9.92 Å². The molecule has 3 rings (SSSR count). The quantitative estimate of drug-likeness (QED) is 0.586. The third kappa shape index (κ3) is 3.77. The molecule has 1 heterocycles. The summed E-state index contributed by atoms with van der Waals surface area (Å²) in [4.78, 5) is 12.8. The average Bonchev–Trinajstić information content (AvgIpc) is 3.09. The molecule has 1 aliphatic heterocycles. The van der Waals surface area contributed by atoms with Gasteiger partial charge in [-0.3, -0.25) is 0 Å². The highest BCUT2D eigenvalue weighted by Crippen LogP contribution is 2.30. The fourth-order valence-corrected chi connectivity index (χ4v) is 4.78. The first kappa shape index (κ1) is 18.9. The second kappa shape index (κ2) is 7.39. The lowest BCUT2D eigenvalue weighted by Gasteiger charge is -2.23. The Balaban J connectivity index is 1.84. The van der Waals surface area contributed by atoms with Gasteiger partial charge in [0.2, 0.25) is 10.0 Å². The van der Waals surface area contributed by atoms with Crippen LogP contribution in [0.25, 0.3) is 0 Å². The Bertz CT molecular complexity index is 925. The van der Waals surface area contributed by atoms with Crippen LogP contribution < -0.4 is 4.74 Å². The van der Waals surface area contributed by atoms with Crippen LogP contribution in [0, 0.1) is 13.8 Å². The van der Waals surface area contributed by atoms with E-state index in [1.54, 1.807) is 36.4 Å². The molecule has 1 saturated heterocycles. The monoisotopic (exact) mass is 393 g/mol. The SMILES string of the molecule is Cc1ccc(S(=O)(=O)N2CCCC2C(=O)Oc2cc(C)ccc2Cl)cc1. The molecule has 5 nitrogen and oxygen atoms in total. The molecule has 0 amide bonds. The minimum atomic E-state index is -3.76. The number of halogens is 1. The van der Waals surface area contributed by atoms with E-state index in [4.69, 9.17) is 16.3 Å². The lowest BCUT2D eigenvalue weighted by Crippen LogP contribution is -2.42. The van der Waals surface area contributed by atoms with Gasteiger partial charge in [-0.15, -0.1) is 0 Å². The van der Waals surface area contributed by atoms with Gasteiger partial charge in [-0.2, -0.15) is 4.31 Å². The van der Waals surface area contributed by atoms with E-state index < -0.39 is 22.0 Å². The van der Waals surface area contributed by atoms with Gasteiger partial charge in [-0.05, 0) is 56.5 Å². The summed E-state index contributed by atoms with van der Waals surface area (Å²) in [6, 6.07) is 10.9. The zero-order valence-corrected chi connectivity index (χ0v) is 16.2. The fraction of sp³-hybridized carbons (Fsp3) is 0.316. The second-order valence-electron chi connectivity index (χ2n) is 6.44. The summed E-state index contributed by atoms with van der Waals surface area (Å²) in [7, 11) is -3.76. The molecule has 0 bridgehead atoms. The van der Waals surface area contributed by atoms with Crippen LogP contribution in [-0.4, -0.2) is 31.3 Å². The Morgan fingerprint density at radius 2 is 1.77 bits per heavy atom. The molecule has 138 valence electrons. The van der Waals surface area contributed by atoms with E-state index in [9.17, 15) is 13.2 Å². The van der Waals surface area contributed by atoms with E-state index in [0.717, 1.165) is 11.1 Å². The molecule has 0 aromatic heterocycles. The summed E-state index contributed by atoms with van der Waals surface area (Å²) in [6.45, 7) is 4.03. The number of rotatable bonds is 4. The largest absolute Gasteiger partial charge is 0.424 e. The number of esters is 1. The average molecular weight is 394 g/mol. The van der Waals surface area contributed by atoms with Gasteiger partial charge in [0, 0.05) is 6.54 Å². The van der Waals surface area contributed by atoms with Crippen LogP contribution in [0.15, 0.2) is 47.4 Å². The van der Waals surface area contributed by atoms with Crippen LogP contribution >= 0.6 is 11.6 Å². The van der Waals surface area contributed by atoms with Gasteiger partial charge >= 0.3 is 5.97 Å².